The molecule has 0 saturated heterocycles. The molecule has 0 spiro atoms. The number of hydrogen-bond donors (Lipinski definition) is 2. The summed E-state index contributed by atoms with van der Waals surface area (Å²) in [6, 6.07) is 3.67. The van der Waals surface area contributed by atoms with E-state index in [1.165, 1.54) is 6.07 Å². The molecule has 0 aromatic heterocycles. The zero-order valence-electron chi connectivity index (χ0n) is 11.6. The number of rotatable bonds is 2. The lowest BCUT2D eigenvalue weighted by Crippen LogP contribution is -2.55. The van der Waals surface area contributed by atoms with Crippen LogP contribution in [0.25, 0.3) is 0 Å². The molecule has 1 aromatic rings. The number of nitrogens with two attached hydrogens (primary N) is 1. The molecule has 23 heavy (non-hydrogen) atoms. The Morgan fingerprint density at radius 3 is 2.09 bits per heavy atom. The van der Waals surface area contributed by atoms with Crippen LogP contribution in [0, 0.1) is 5.41 Å². The molecule has 1 aliphatic carbocycles. The molecule has 0 unspecified atom stereocenters. The topological polar surface area (TPSA) is 49.9 Å². The first-order valence-corrected chi connectivity index (χ1v) is 6.45. The smallest absolute Gasteiger partial charge is 0.399 e. The molecule has 8 heteroatoms. The lowest BCUT2D eigenvalue weighted by atomic mass is 9.69. The van der Waals surface area contributed by atoms with Gasteiger partial charge in [0.15, 0.2) is 0 Å². The van der Waals surface area contributed by atoms with Crippen molar-refractivity contribution in [3.63, 3.8) is 0 Å². The molecule has 2 rings (SSSR count). The fourth-order valence-electron chi connectivity index (χ4n) is 2.67. The summed E-state index contributed by atoms with van der Waals surface area (Å²) < 4.78 is 82.2. The minimum absolute atomic E-state index is 0.206. The van der Waals surface area contributed by atoms with Crippen molar-refractivity contribution in [3.05, 3.63) is 53.6 Å². The second-order valence-electron chi connectivity index (χ2n) is 5.12. The zero-order valence-corrected chi connectivity index (χ0v) is 11.6. The van der Waals surface area contributed by atoms with Crippen LogP contribution in [0.4, 0.5) is 32.0 Å². The van der Waals surface area contributed by atoms with Crippen molar-refractivity contribution in [2.75, 3.05) is 5.73 Å². The Balaban J connectivity index is 2.85. The molecule has 0 amide bonds. The monoisotopic (exact) mass is 334 g/mol. The second kappa shape index (κ2) is 5.43. The third-order valence-electron chi connectivity index (χ3n) is 3.63. The van der Waals surface area contributed by atoms with Crippen molar-refractivity contribution < 1.29 is 26.3 Å². The van der Waals surface area contributed by atoms with Gasteiger partial charge >= 0.3 is 12.4 Å². The summed E-state index contributed by atoms with van der Waals surface area (Å²) in [5.41, 5.74) is -1.31. The zero-order chi connectivity index (χ0) is 17.5. The summed E-state index contributed by atoms with van der Waals surface area (Å²) in [7, 11) is 0. The fraction of sp³-hybridized carbons (Fsp3) is 0.267. The average molecular weight is 334 g/mol. The van der Waals surface area contributed by atoms with E-state index in [1.807, 2.05) is 0 Å². The van der Waals surface area contributed by atoms with E-state index >= 15 is 0 Å². The highest BCUT2D eigenvalue weighted by Crippen LogP contribution is 2.57. The first-order valence-electron chi connectivity index (χ1n) is 6.45. The molecule has 0 heterocycles. The molecule has 1 aliphatic rings. The normalized spacial score (nSPS) is 16.4. The molecule has 0 radical (unpaired) electrons. The lowest BCUT2D eigenvalue weighted by molar-refractivity contribution is -0.290. The molecule has 124 valence electrons. The van der Waals surface area contributed by atoms with Crippen LogP contribution >= 0.6 is 0 Å². The van der Waals surface area contributed by atoms with Crippen LogP contribution in [-0.4, -0.2) is 18.1 Å². The van der Waals surface area contributed by atoms with Crippen LogP contribution in [0.5, 0.6) is 0 Å². The SMILES string of the molecule is N=C1C=CC=C(C(c2cccc(N)c2)(C(F)(F)F)C(F)(F)F)C1. The van der Waals surface area contributed by atoms with Crippen molar-refractivity contribution in [3.8, 4) is 0 Å². The fourth-order valence-corrected chi connectivity index (χ4v) is 2.67. The summed E-state index contributed by atoms with van der Waals surface area (Å²) in [6.45, 7) is 0. The van der Waals surface area contributed by atoms with Crippen LogP contribution in [-0.2, 0) is 5.41 Å². The Kier molecular flexibility index (Phi) is 4.04. The highest BCUT2D eigenvalue weighted by Gasteiger charge is 2.73. The van der Waals surface area contributed by atoms with Gasteiger partial charge in [-0.15, -0.1) is 0 Å². The molecule has 0 aliphatic heterocycles. The molecular formula is C15H12F6N2. The Labute approximate surface area is 127 Å². The van der Waals surface area contributed by atoms with E-state index in [-0.39, 0.29) is 11.4 Å². The third-order valence-corrected chi connectivity index (χ3v) is 3.63. The van der Waals surface area contributed by atoms with Gasteiger partial charge in [0.05, 0.1) is 0 Å². The largest absolute Gasteiger partial charge is 0.410 e. The summed E-state index contributed by atoms with van der Waals surface area (Å²) >= 11 is 0. The van der Waals surface area contributed by atoms with Gasteiger partial charge in [0.25, 0.3) is 0 Å². The maximum atomic E-state index is 13.7. The van der Waals surface area contributed by atoms with Gasteiger partial charge in [0.2, 0.25) is 5.41 Å². The molecule has 1 aromatic carbocycles. The third kappa shape index (κ3) is 2.73. The van der Waals surface area contributed by atoms with Crippen LogP contribution in [0.3, 0.4) is 0 Å². The maximum absolute atomic E-state index is 13.7. The molecule has 0 atom stereocenters. The maximum Gasteiger partial charge on any atom is 0.410 e. The predicted molar refractivity (Wildman–Crippen MR) is 74.2 cm³/mol. The number of anilines is 1. The second-order valence-corrected chi connectivity index (χ2v) is 5.12. The number of halogens is 6. The van der Waals surface area contributed by atoms with Crippen molar-refractivity contribution >= 4 is 11.4 Å². The highest BCUT2D eigenvalue weighted by atomic mass is 19.4. The van der Waals surface area contributed by atoms with Gasteiger partial charge in [0.1, 0.15) is 0 Å². The van der Waals surface area contributed by atoms with E-state index in [4.69, 9.17) is 11.1 Å². The van der Waals surface area contributed by atoms with E-state index < -0.39 is 35.3 Å². The van der Waals surface area contributed by atoms with Crippen LogP contribution in [0.2, 0.25) is 0 Å². The standard InChI is InChI=1S/C15H12F6N2/c16-14(17,18)13(15(19,20)21,9-3-1-5-11(22)7-9)10-4-2-6-12(23)8-10/h1-7,23H,8,22H2. The number of nitrogen functional groups attached to an aromatic ring is 1. The highest BCUT2D eigenvalue weighted by molar-refractivity contribution is 5.96. The number of benzene rings is 1. The van der Waals surface area contributed by atoms with E-state index in [2.05, 4.69) is 0 Å². The van der Waals surface area contributed by atoms with E-state index in [0.29, 0.717) is 6.07 Å². The summed E-state index contributed by atoms with van der Waals surface area (Å²) in [5.74, 6) is 0. The van der Waals surface area contributed by atoms with Crippen LogP contribution < -0.4 is 5.73 Å². The lowest BCUT2D eigenvalue weighted by Gasteiger charge is -2.40. The minimum Gasteiger partial charge on any atom is -0.399 e. The Bertz CT molecular complexity index is 668. The van der Waals surface area contributed by atoms with Gasteiger partial charge in [-0.1, -0.05) is 24.3 Å². The van der Waals surface area contributed by atoms with E-state index in [9.17, 15) is 26.3 Å². The Morgan fingerprint density at radius 2 is 1.61 bits per heavy atom. The summed E-state index contributed by atoms with van der Waals surface area (Å²) in [6.07, 6.45) is -9.10. The molecular weight excluding hydrogens is 322 g/mol. The van der Waals surface area contributed by atoms with Crippen LogP contribution in [0.1, 0.15) is 12.0 Å². The quantitative estimate of drug-likeness (QED) is 0.605. The van der Waals surface area contributed by atoms with Crippen molar-refractivity contribution in [2.24, 2.45) is 0 Å². The van der Waals surface area contributed by atoms with E-state index in [0.717, 1.165) is 30.4 Å². The predicted octanol–water partition coefficient (Wildman–Crippen LogP) is 4.54. The average Bonchev–Trinajstić information content (AvgIpc) is 2.36. The Morgan fingerprint density at radius 1 is 1.00 bits per heavy atom. The first-order chi connectivity index (χ1) is 10.5. The van der Waals surface area contributed by atoms with Gasteiger partial charge in [-0.2, -0.15) is 26.3 Å². The van der Waals surface area contributed by atoms with Crippen LogP contribution in [0.15, 0.2) is 48.1 Å². The van der Waals surface area contributed by atoms with Crippen molar-refractivity contribution in [1.29, 1.82) is 5.41 Å². The van der Waals surface area contributed by atoms with Gasteiger partial charge in [-0.25, -0.2) is 0 Å². The molecule has 0 bridgehead atoms. The first kappa shape index (κ1) is 17.1. The number of allylic oxidation sites excluding steroid dienone is 4. The molecule has 0 fully saturated rings. The number of nitrogens with one attached hydrogen (secondary N) is 1. The number of alkyl halides is 6. The van der Waals surface area contributed by atoms with E-state index in [1.54, 1.807) is 0 Å². The van der Waals surface area contributed by atoms with Gasteiger partial charge < -0.3 is 11.1 Å². The van der Waals surface area contributed by atoms with Gasteiger partial charge in [0, 0.05) is 17.8 Å². The number of hydrogen-bond acceptors (Lipinski definition) is 2. The minimum atomic E-state index is -5.64. The Hall–Kier alpha value is -2.25. The summed E-state index contributed by atoms with van der Waals surface area (Å²) in [5, 5.41) is 7.43. The molecule has 0 saturated carbocycles. The molecule has 3 N–H and O–H groups in total. The summed E-state index contributed by atoms with van der Waals surface area (Å²) in [4.78, 5) is 0. The van der Waals surface area contributed by atoms with Gasteiger partial charge in [-0.3, -0.25) is 0 Å². The molecule has 2 nitrogen and oxygen atoms in total. The van der Waals surface area contributed by atoms with Gasteiger partial charge in [-0.05, 0) is 29.3 Å². The van der Waals surface area contributed by atoms with Crippen molar-refractivity contribution in [2.45, 2.75) is 24.2 Å². The van der Waals surface area contributed by atoms with Crippen molar-refractivity contribution in [1.82, 2.24) is 0 Å².